The highest BCUT2D eigenvalue weighted by molar-refractivity contribution is 6.05. The lowest BCUT2D eigenvalue weighted by molar-refractivity contribution is 0.128. The van der Waals surface area contributed by atoms with Crippen LogP contribution >= 0.6 is 0 Å². The summed E-state index contributed by atoms with van der Waals surface area (Å²) < 4.78 is 11.0. The Morgan fingerprint density at radius 3 is 3.00 bits per heavy atom. The van der Waals surface area contributed by atoms with E-state index in [1.165, 1.54) is 0 Å². The third-order valence-corrected chi connectivity index (χ3v) is 3.12. The summed E-state index contributed by atoms with van der Waals surface area (Å²) in [6.45, 7) is 2.66. The van der Waals surface area contributed by atoms with Gasteiger partial charge in [0.25, 0.3) is 0 Å². The Bertz CT molecular complexity index is 708. The summed E-state index contributed by atoms with van der Waals surface area (Å²) in [4.78, 5) is 8.54. The average molecular weight is 257 g/mol. The van der Waals surface area contributed by atoms with E-state index in [-0.39, 0.29) is 6.10 Å². The minimum absolute atomic E-state index is 0.106. The Kier molecular flexibility index (Phi) is 3.05. The normalized spacial score (nSPS) is 12.9. The molecule has 0 bridgehead atoms. The summed E-state index contributed by atoms with van der Waals surface area (Å²) in [6.07, 6.45) is 1.65. The highest BCUT2D eigenvalue weighted by Gasteiger charge is 2.12. The summed E-state index contributed by atoms with van der Waals surface area (Å²) in [5.41, 5.74) is 2.34. The van der Waals surface area contributed by atoms with Gasteiger partial charge in [-0.2, -0.15) is 0 Å². The van der Waals surface area contributed by atoms with Crippen LogP contribution in [0.2, 0.25) is 0 Å². The van der Waals surface area contributed by atoms with Gasteiger partial charge in [-0.25, -0.2) is 9.97 Å². The number of rotatable bonds is 4. The van der Waals surface area contributed by atoms with Gasteiger partial charge in [0, 0.05) is 19.0 Å². The molecule has 0 spiro atoms. The summed E-state index contributed by atoms with van der Waals surface area (Å²) >= 11 is 0. The van der Waals surface area contributed by atoms with Gasteiger partial charge in [-0.05, 0) is 19.1 Å². The van der Waals surface area contributed by atoms with Crippen LogP contribution < -0.4 is 5.32 Å². The Hall–Kier alpha value is -2.14. The molecule has 2 heterocycles. The number of methoxy groups -OCH3 is 1. The third kappa shape index (κ3) is 2.13. The van der Waals surface area contributed by atoms with Gasteiger partial charge in [0.2, 0.25) is 0 Å². The second kappa shape index (κ2) is 4.85. The molecule has 1 atom stereocenters. The molecule has 98 valence electrons. The van der Waals surface area contributed by atoms with E-state index in [4.69, 9.17) is 9.15 Å². The predicted octanol–water partition coefficient (Wildman–Crippen LogP) is 2.82. The van der Waals surface area contributed by atoms with Crippen molar-refractivity contribution in [3.8, 4) is 0 Å². The van der Waals surface area contributed by atoms with Gasteiger partial charge in [-0.15, -0.1) is 0 Å². The lowest BCUT2D eigenvalue weighted by Gasteiger charge is -2.10. The minimum Gasteiger partial charge on any atom is -0.450 e. The molecule has 0 amide bonds. The zero-order valence-corrected chi connectivity index (χ0v) is 10.9. The van der Waals surface area contributed by atoms with Gasteiger partial charge < -0.3 is 14.5 Å². The van der Waals surface area contributed by atoms with E-state index in [0.717, 1.165) is 16.5 Å². The average Bonchev–Trinajstić information content (AvgIpc) is 2.84. The van der Waals surface area contributed by atoms with Crippen LogP contribution in [0.4, 0.5) is 5.82 Å². The van der Waals surface area contributed by atoms with Gasteiger partial charge >= 0.3 is 0 Å². The van der Waals surface area contributed by atoms with Crippen LogP contribution in [0.25, 0.3) is 22.1 Å². The first-order valence-electron chi connectivity index (χ1n) is 6.18. The number of anilines is 1. The first-order valence-corrected chi connectivity index (χ1v) is 6.18. The molecule has 1 aromatic carbocycles. The predicted molar refractivity (Wildman–Crippen MR) is 74.3 cm³/mol. The molecule has 0 radical (unpaired) electrons. The zero-order chi connectivity index (χ0) is 13.2. The molecule has 1 N–H and O–H groups in total. The van der Waals surface area contributed by atoms with E-state index in [2.05, 4.69) is 15.3 Å². The molecule has 3 aromatic rings. The van der Waals surface area contributed by atoms with Crippen LogP contribution in [0, 0.1) is 0 Å². The smallest absolute Gasteiger partial charge is 0.196 e. The number of hydrogen-bond donors (Lipinski definition) is 1. The number of ether oxygens (including phenoxy) is 1. The molecule has 0 fully saturated rings. The molecule has 0 aliphatic heterocycles. The number of nitrogens with one attached hydrogen (secondary N) is 1. The second-order valence-electron chi connectivity index (χ2n) is 4.43. The van der Waals surface area contributed by atoms with E-state index in [9.17, 15) is 0 Å². The molecule has 0 aliphatic rings. The maximum absolute atomic E-state index is 5.82. The van der Waals surface area contributed by atoms with Crippen molar-refractivity contribution < 1.29 is 9.15 Å². The van der Waals surface area contributed by atoms with Crippen molar-refractivity contribution in [1.82, 2.24) is 9.97 Å². The van der Waals surface area contributed by atoms with Gasteiger partial charge in [-0.3, -0.25) is 0 Å². The number of hydrogen-bond acceptors (Lipinski definition) is 5. The van der Waals surface area contributed by atoms with E-state index in [1.807, 2.05) is 31.2 Å². The van der Waals surface area contributed by atoms with E-state index in [0.29, 0.717) is 17.9 Å². The highest BCUT2D eigenvalue weighted by Crippen LogP contribution is 2.30. The fraction of sp³-hybridized carbons (Fsp3) is 0.286. The zero-order valence-electron chi connectivity index (χ0n) is 10.9. The standard InChI is InChI=1S/C14H15N3O2/c1-9(18-2)7-15-14-13-12(16-8-17-14)10-5-3-4-6-11(10)19-13/h3-6,8-9H,7H2,1-2H3,(H,15,16,17). The van der Waals surface area contributed by atoms with Crippen molar-refractivity contribution >= 4 is 27.9 Å². The number of fused-ring (bicyclic) bond motifs is 3. The quantitative estimate of drug-likeness (QED) is 0.778. The van der Waals surface area contributed by atoms with Crippen LogP contribution in [0.5, 0.6) is 0 Å². The topological polar surface area (TPSA) is 60.2 Å². The number of aromatic nitrogens is 2. The molecular weight excluding hydrogens is 242 g/mol. The number of nitrogens with zero attached hydrogens (tertiary/aromatic N) is 2. The van der Waals surface area contributed by atoms with Crippen molar-refractivity contribution in [3.05, 3.63) is 30.6 Å². The Morgan fingerprint density at radius 2 is 2.16 bits per heavy atom. The van der Waals surface area contributed by atoms with Gasteiger partial charge in [-0.1, -0.05) is 12.1 Å². The largest absolute Gasteiger partial charge is 0.450 e. The first kappa shape index (κ1) is 11.9. The molecule has 19 heavy (non-hydrogen) atoms. The van der Waals surface area contributed by atoms with Crippen molar-refractivity contribution in [3.63, 3.8) is 0 Å². The monoisotopic (exact) mass is 257 g/mol. The fourth-order valence-electron chi connectivity index (χ4n) is 1.97. The van der Waals surface area contributed by atoms with E-state index < -0.39 is 0 Å². The SMILES string of the molecule is COC(C)CNc1ncnc2c1oc1ccccc12. The number of para-hydroxylation sites is 1. The molecule has 5 nitrogen and oxygen atoms in total. The van der Waals surface area contributed by atoms with Crippen molar-refractivity contribution in [2.75, 3.05) is 19.0 Å². The maximum atomic E-state index is 5.82. The number of furan rings is 1. The second-order valence-corrected chi connectivity index (χ2v) is 4.43. The minimum atomic E-state index is 0.106. The van der Waals surface area contributed by atoms with Crippen LogP contribution in [0.15, 0.2) is 35.0 Å². The summed E-state index contributed by atoms with van der Waals surface area (Å²) in [5, 5.41) is 4.23. The van der Waals surface area contributed by atoms with Crippen LogP contribution in [-0.4, -0.2) is 29.7 Å². The van der Waals surface area contributed by atoms with E-state index in [1.54, 1.807) is 13.4 Å². The van der Waals surface area contributed by atoms with Gasteiger partial charge in [0.1, 0.15) is 17.4 Å². The molecular formula is C14H15N3O2. The Labute approximate surface area is 110 Å². The number of benzene rings is 1. The molecule has 0 aliphatic carbocycles. The van der Waals surface area contributed by atoms with Crippen molar-refractivity contribution in [2.24, 2.45) is 0 Å². The fourth-order valence-corrected chi connectivity index (χ4v) is 1.97. The molecule has 5 heteroatoms. The molecule has 3 rings (SSSR count). The molecule has 0 saturated heterocycles. The molecule has 2 aromatic heterocycles. The van der Waals surface area contributed by atoms with Crippen LogP contribution in [0.1, 0.15) is 6.92 Å². The summed E-state index contributed by atoms with van der Waals surface area (Å²) in [7, 11) is 1.68. The van der Waals surface area contributed by atoms with Crippen LogP contribution in [0.3, 0.4) is 0 Å². The highest BCUT2D eigenvalue weighted by atomic mass is 16.5. The van der Waals surface area contributed by atoms with Crippen molar-refractivity contribution in [2.45, 2.75) is 13.0 Å². The Morgan fingerprint density at radius 1 is 1.32 bits per heavy atom. The maximum Gasteiger partial charge on any atom is 0.196 e. The lowest BCUT2D eigenvalue weighted by atomic mass is 10.2. The third-order valence-electron chi connectivity index (χ3n) is 3.12. The first-order chi connectivity index (χ1) is 9.29. The summed E-state index contributed by atoms with van der Waals surface area (Å²) in [5.74, 6) is 0.699. The molecule has 0 saturated carbocycles. The lowest BCUT2D eigenvalue weighted by Crippen LogP contribution is -2.18. The van der Waals surface area contributed by atoms with Crippen molar-refractivity contribution in [1.29, 1.82) is 0 Å². The van der Waals surface area contributed by atoms with Crippen LogP contribution in [-0.2, 0) is 4.74 Å². The van der Waals surface area contributed by atoms with E-state index >= 15 is 0 Å². The van der Waals surface area contributed by atoms with Gasteiger partial charge in [0.05, 0.1) is 6.10 Å². The van der Waals surface area contributed by atoms with Gasteiger partial charge in [0.15, 0.2) is 11.4 Å². The summed E-state index contributed by atoms with van der Waals surface area (Å²) in [6, 6.07) is 7.84. The molecule has 1 unspecified atom stereocenters. The Balaban J connectivity index is 2.05.